The summed E-state index contributed by atoms with van der Waals surface area (Å²) < 4.78 is 0. The molecule has 0 aliphatic carbocycles. The molecule has 2 N–H and O–H groups in total. The van der Waals surface area contributed by atoms with Gasteiger partial charge in [-0.25, -0.2) is 4.98 Å². The summed E-state index contributed by atoms with van der Waals surface area (Å²) in [6.07, 6.45) is 1.76. The molecule has 0 spiro atoms. The van der Waals surface area contributed by atoms with Crippen molar-refractivity contribution in [3.05, 3.63) is 52.1 Å². The molecule has 94 valence electrons. The van der Waals surface area contributed by atoms with E-state index >= 15 is 0 Å². The average Bonchev–Trinajstić information content (AvgIpc) is 2.34. The van der Waals surface area contributed by atoms with Gasteiger partial charge in [0.2, 0.25) is 0 Å². The van der Waals surface area contributed by atoms with Gasteiger partial charge in [-0.05, 0) is 42.8 Å². The second kappa shape index (κ2) is 5.93. The fourth-order valence-corrected chi connectivity index (χ4v) is 2.65. The Morgan fingerprint density at radius 1 is 1.17 bits per heavy atom. The fraction of sp³-hybridized carbons (Fsp3) is 0.154. The second-order valence-electron chi connectivity index (χ2n) is 3.89. The lowest BCUT2D eigenvalue weighted by atomic mass is 10.1. The van der Waals surface area contributed by atoms with Crippen LogP contribution in [0.2, 0.25) is 10.0 Å². The Morgan fingerprint density at radius 2 is 1.94 bits per heavy atom. The number of nitrogens with zero attached hydrogens (tertiary/aromatic N) is 1. The Kier molecular flexibility index (Phi) is 4.51. The van der Waals surface area contributed by atoms with Crippen molar-refractivity contribution in [2.75, 3.05) is 0 Å². The molecule has 2 aromatic rings. The zero-order valence-corrected chi connectivity index (χ0v) is 12.1. The third-order valence-electron chi connectivity index (χ3n) is 2.40. The van der Waals surface area contributed by atoms with Crippen molar-refractivity contribution in [1.82, 2.24) is 4.98 Å². The lowest BCUT2D eigenvalue weighted by Crippen LogP contribution is -2.04. The summed E-state index contributed by atoms with van der Waals surface area (Å²) in [5, 5.41) is 1.99. The molecule has 2 rings (SSSR count). The maximum absolute atomic E-state index is 5.98. The molecule has 1 atom stereocenters. The zero-order chi connectivity index (χ0) is 13.1. The van der Waals surface area contributed by atoms with Crippen LogP contribution in [-0.4, -0.2) is 4.98 Å². The van der Waals surface area contributed by atoms with Crippen LogP contribution in [0.15, 0.2) is 46.5 Å². The smallest absolute Gasteiger partial charge is 0.101 e. The van der Waals surface area contributed by atoms with Crippen LogP contribution < -0.4 is 5.73 Å². The van der Waals surface area contributed by atoms with E-state index in [4.69, 9.17) is 28.9 Å². The average molecular weight is 299 g/mol. The molecule has 0 fully saturated rings. The van der Waals surface area contributed by atoms with E-state index < -0.39 is 0 Å². The first-order valence-electron chi connectivity index (χ1n) is 5.40. The Labute approximate surface area is 121 Å². The lowest BCUT2D eigenvalue weighted by Gasteiger charge is -2.07. The van der Waals surface area contributed by atoms with Gasteiger partial charge in [-0.3, -0.25) is 0 Å². The first-order chi connectivity index (χ1) is 8.56. The van der Waals surface area contributed by atoms with Gasteiger partial charge in [-0.15, -0.1) is 0 Å². The molecule has 1 heterocycles. The van der Waals surface area contributed by atoms with E-state index in [2.05, 4.69) is 4.98 Å². The van der Waals surface area contributed by atoms with Crippen LogP contribution in [0.3, 0.4) is 0 Å². The first kappa shape index (κ1) is 13.7. The highest BCUT2D eigenvalue weighted by Crippen LogP contribution is 2.32. The molecule has 0 amide bonds. The molecule has 5 heteroatoms. The largest absolute Gasteiger partial charge is 0.324 e. The number of rotatable bonds is 3. The molecule has 0 unspecified atom stereocenters. The molecule has 0 saturated carbocycles. The fourth-order valence-electron chi connectivity index (χ4n) is 1.42. The van der Waals surface area contributed by atoms with Crippen molar-refractivity contribution < 1.29 is 0 Å². The molecular formula is C13H12Cl2N2S. The predicted octanol–water partition coefficient (Wildman–Crippen LogP) is 4.56. The van der Waals surface area contributed by atoms with Crippen LogP contribution >= 0.6 is 35.0 Å². The summed E-state index contributed by atoms with van der Waals surface area (Å²) >= 11 is 13.4. The zero-order valence-electron chi connectivity index (χ0n) is 9.73. The third kappa shape index (κ3) is 3.39. The molecule has 0 bridgehead atoms. The van der Waals surface area contributed by atoms with Gasteiger partial charge in [0.05, 0.1) is 10.0 Å². The van der Waals surface area contributed by atoms with Crippen LogP contribution in [0.25, 0.3) is 0 Å². The van der Waals surface area contributed by atoms with Crippen molar-refractivity contribution in [2.24, 2.45) is 5.73 Å². The van der Waals surface area contributed by atoms with Crippen molar-refractivity contribution in [3.8, 4) is 0 Å². The summed E-state index contributed by atoms with van der Waals surface area (Å²) in [6.45, 7) is 1.95. The number of pyridine rings is 1. The number of nitrogens with two attached hydrogens (primary N) is 1. The van der Waals surface area contributed by atoms with E-state index in [1.807, 2.05) is 31.2 Å². The molecule has 1 aromatic carbocycles. The minimum absolute atomic E-state index is 0.00107. The highest BCUT2D eigenvalue weighted by Gasteiger charge is 2.05. The van der Waals surface area contributed by atoms with Gasteiger partial charge in [0, 0.05) is 17.1 Å². The summed E-state index contributed by atoms with van der Waals surface area (Å²) in [4.78, 5) is 5.30. The van der Waals surface area contributed by atoms with Gasteiger partial charge >= 0.3 is 0 Å². The molecule has 1 aromatic heterocycles. The molecule has 0 radical (unpaired) electrons. The maximum atomic E-state index is 5.98. The van der Waals surface area contributed by atoms with Gasteiger partial charge in [-0.1, -0.05) is 35.0 Å². The number of hydrogen-bond acceptors (Lipinski definition) is 3. The highest BCUT2D eigenvalue weighted by molar-refractivity contribution is 7.99. The van der Waals surface area contributed by atoms with Crippen molar-refractivity contribution in [1.29, 1.82) is 0 Å². The summed E-state index contributed by atoms with van der Waals surface area (Å²) in [5.74, 6) is 0. The highest BCUT2D eigenvalue weighted by atomic mass is 35.5. The normalized spacial score (nSPS) is 12.4. The Hall–Kier alpha value is -0.740. The number of halogens is 2. The first-order valence-corrected chi connectivity index (χ1v) is 6.98. The molecule has 18 heavy (non-hydrogen) atoms. The van der Waals surface area contributed by atoms with E-state index in [0.717, 1.165) is 15.5 Å². The predicted molar refractivity (Wildman–Crippen MR) is 77.4 cm³/mol. The second-order valence-corrected chi connectivity index (χ2v) is 5.80. The molecule has 0 aliphatic rings. The van der Waals surface area contributed by atoms with E-state index in [0.29, 0.717) is 10.0 Å². The van der Waals surface area contributed by atoms with Gasteiger partial charge in [-0.2, -0.15) is 0 Å². The topological polar surface area (TPSA) is 38.9 Å². The number of hydrogen-bond donors (Lipinski definition) is 1. The van der Waals surface area contributed by atoms with Crippen LogP contribution in [0.5, 0.6) is 0 Å². The Bertz CT molecular complexity index is 558. The van der Waals surface area contributed by atoms with Gasteiger partial charge in [0.15, 0.2) is 0 Å². The maximum Gasteiger partial charge on any atom is 0.101 e. The molecule has 2 nitrogen and oxygen atoms in total. The van der Waals surface area contributed by atoms with Crippen LogP contribution in [0.1, 0.15) is 18.5 Å². The molecule has 0 aliphatic heterocycles. The van der Waals surface area contributed by atoms with E-state index in [9.17, 15) is 0 Å². The van der Waals surface area contributed by atoms with Gasteiger partial charge in [0.1, 0.15) is 5.03 Å². The molecular weight excluding hydrogens is 287 g/mol. The monoisotopic (exact) mass is 298 g/mol. The van der Waals surface area contributed by atoms with Crippen molar-refractivity contribution in [2.45, 2.75) is 22.9 Å². The van der Waals surface area contributed by atoms with Crippen molar-refractivity contribution in [3.63, 3.8) is 0 Å². The van der Waals surface area contributed by atoms with E-state index in [-0.39, 0.29) is 6.04 Å². The summed E-state index contributed by atoms with van der Waals surface area (Å²) in [6, 6.07) is 9.43. The number of aromatic nitrogens is 1. The van der Waals surface area contributed by atoms with E-state index in [1.54, 1.807) is 12.3 Å². The third-order valence-corrected chi connectivity index (χ3v) is 4.06. The molecule has 0 saturated heterocycles. The van der Waals surface area contributed by atoms with Gasteiger partial charge in [0.25, 0.3) is 0 Å². The standard InChI is InChI=1S/C13H12Cl2N2S/c1-8(16)9-4-5-17-13(6-9)18-10-2-3-11(14)12(15)7-10/h2-8H,16H2,1H3/t8-/m0/s1. The minimum Gasteiger partial charge on any atom is -0.324 e. The summed E-state index contributed by atoms with van der Waals surface area (Å²) in [5.41, 5.74) is 6.91. The quantitative estimate of drug-likeness (QED) is 0.903. The van der Waals surface area contributed by atoms with Crippen LogP contribution in [-0.2, 0) is 0 Å². The van der Waals surface area contributed by atoms with Gasteiger partial charge < -0.3 is 5.73 Å². The lowest BCUT2D eigenvalue weighted by molar-refractivity contribution is 0.808. The Balaban J connectivity index is 2.23. The number of benzene rings is 1. The van der Waals surface area contributed by atoms with E-state index in [1.165, 1.54) is 11.8 Å². The summed E-state index contributed by atoms with van der Waals surface area (Å²) in [7, 11) is 0. The Morgan fingerprint density at radius 3 is 2.61 bits per heavy atom. The van der Waals surface area contributed by atoms with Crippen molar-refractivity contribution >= 4 is 35.0 Å². The minimum atomic E-state index is 0.00107. The van der Waals surface area contributed by atoms with Crippen LogP contribution in [0.4, 0.5) is 0 Å². The SMILES string of the molecule is C[C@H](N)c1ccnc(Sc2ccc(Cl)c(Cl)c2)c1. The van der Waals surface area contributed by atoms with Crippen LogP contribution in [0, 0.1) is 0 Å².